The van der Waals surface area contributed by atoms with Gasteiger partial charge in [-0.1, -0.05) is 41.9 Å². The fraction of sp³-hybridized carbons (Fsp3) is 0.190. The zero-order valence-electron chi connectivity index (χ0n) is 15.8. The predicted molar refractivity (Wildman–Crippen MR) is 106 cm³/mol. The lowest BCUT2D eigenvalue weighted by Crippen LogP contribution is -2.28. The molecule has 0 spiro atoms. The third kappa shape index (κ3) is 5.70. The summed E-state index contributed by atoms with van der Waals surface area (Å²) in [4.78, 5) is 20.4. The van der Waals surface area contributed by atoms with Crippen LogP contribution in [-0.4, -0.2) is 22.5 Å². The molecule has 2 aromatic carbocycles. The molecule has 0 saturated heterocycles. The number of hydrogen-bond donors (Lipinski definition) is 1. The van der Waals surface area contributed by atoms with Crippen molar-refractivity contribution in [3.05, 3.63) is 76.4 Å². The SMILES string of the molecule is Cc1cc(OCC(=O)NCc2ccccc2Cl)nc(-c2ccc(C(F)(F)F)cc2)n1. The molecule has 1 amide bonds. The molecule has 1 aromatic heterocycles. The predicted octanol–water partition coefficient (Wildman–Crippen LogP) is 4.82. The monoisotopic (exact) mass is 435 g/mol. The first-order valence-corrected chi connectivity index (χ1v) is 9.26. The second-order valence-electron chi connectivity index (χ2n) is 6.40. The van der Waals surface area contributed by atoms with Gasteiger partial charge in [0, 0.05) is 28.9 Å². The van der Waals surface area contributed by atoms with Crippen molar-refractivity contribution >= 4 is 17.5 Å². The number of amides is 1. The molecule has 9 heteroatoms. The summed E-state index contributed by atoms with van der Waals surface area (Å²) < 4.78 is 43.6. The van der Waals surface area contributed by atoms with E-state index in [4.69, 9.17) is 16.3 Å². The van der Waals surface area contributed by atoms with Gasteiger partial charge in [0.2, 0.25) is 5.88 Å². The van der Waals surface area contributed by atoms with Gasteiger partial charge in [-0.05, 0) is 30.7 Å². The van der Waals surface area contributed by atoms with Crippen molar-refractivity contribution in [1.29, 1.82) is 0 Å². The number of carbonyl (C=O) groups excluding carboxylic acids is 1. The minimum Gasteiger partial charge on any atom is -0.467 e. The molecule has 1 heterocycles. The highest BCUT2D eigenvalue weighted by atomic mass is 35.5. The van der Waals surface area contributed by atoms with Gasteiger partial charge in [-0.15, -0.1) is 0 Å². The molecule has 0 radical (unpaired) electrons. The molecular formula is C21H17ClF3N3O2. The second kappa shape index (κ2) is 9.13. The van der Waals surface area contributed by atoms with Crippen molar-refractivity contribution in [1.82, 2.24) is 15.3 Å². The number of alkyl halides is 3. The van der Waals surface area contributed by atoms with E-state index in [0.29, 0.717) is 16.3 Å². The largest absolute Gasteiger partial charge is 0.467 e. The average Bonchev–Trinajstić information content (AvgIpc) is 2.71. The van der Waals surface area contributed by atoms with E-state index in [2.05, 4.69) is 15.3 Å². The van der Waals surface area contributed by atoms with Crippen molar-refractivity contribution in [2.24, 2.45) is 0 Å². The van der Waals surface area contributed by atoms with E-state index in [1.807, 2.05) is 6.07 Å². The van der Waals surface area contributed by atoms with Crippen LogP contribution in [0.5, 0.6) is 5.88 Å². The molecule has 0 aliphatic carbocycles. The molecule has 0 fully saturated rings. The van der Waals surface area contributed by atoms with E-state index < -0.39 is 11.7 Å². The highest BCUT2D eigenvalue weighted by Gasteiger charge is 2.30. The van der Waals surface area contributed by atoms with E-state index in [-0.39, 0.29) is 30.8 Å². The third-order valence-electron chi connectivity index (χ3n) is 4.09. The van der Waals surface area contributed by atoms with Gasteiger partial charge in [0.1, 0.15) is 0 Å². The van der Waals surface area contributed by atoms with E-state index in [0.717, 1.165) is 17.7 Å². The Morgan fingerprint density at radius 2 is 1.80 bits per heavy atom. The summed E-state index contributed by atoms with van der Waals surface area (Å²) in [5.74, 6) is -0.0252. The number of nitrogens with zero attached hydrogens (tertiary/aromatic N) is 2. The summed E-state index contributed by atoms with van der Waals surface area (Å²) in [5.41, 5.74) is 0.964. The van der Waals surface area contributed by atoms with Crippen LogP contribution < -0.4 is 10.1 Å². The van der Waals surface area contributed by atoms with Crippen molar-refractivity contribution in [2.45, 2.75) is 19.6 Å². The van der Waals surface area contributed by atoms with Gasteiger partial charge in [0.05, 0.1) is 5.56 Å². The zero-order chi connectivity index (χ0) is 21.7. The Morgan fingerprint density at radius 1 is 1.10 bits per heavy atom. The molecule has 0 bridgehead atoms. The molecule has 0 aliphatic rings. The number of halogens is 4. The molecular weight excluding hydrogens is 419 g/mol. The minimum atomic E-state index is -4.42. The van der Waals surface area contributed by atoms with Gasteiger partial charge >= 0.3 is 6.18 Å². The van der Waals surface area contributed by atoms with Crippen LogP contribution in [0.4, 0.5) is 13.2 Å². The van der Waals surface area contributed by atoms with Gasteiger partial charge in [-0.25, -0.2) is 4.98 Å². The summed E-state index contributed by atoms with van der Waals surface area (Å²) >= 11 is 6.05. The van der Waals surface area contributed by atoms with E-state index >= 15 is 0 Å². The molecule has 0 unspecified atom stereocenters. The van der Waals surface area contributed by atoms with Crippen LogP contribution >= 0.6 is 11.6 Å². The first kappa shape index (κ1) is 21.6. The Balaban J connectivity index is 1.64. The lowest BCUT2D eigenvalue weighted by atomic mass is 10.1. The van der Waals surface area contributed by atoms with E-state index in [1.54, 1.807) is 25.1 Å². The Kier molecular flexibility index (Phi) is 6.56. The van der Waals surface area contributed by atoms with Crippen molar-refractivity contribution in [2.75, 3.05) is 6.61 Å². The van der Waals surface area contributed by atoms with Crippen LogP contribution in [0.25, 0.3) is 11.4 Å². The molecule has 3 rings (SSSR count). The fourth-order valence-electron chi connectivity index (χ4n) is 2.58. The molecule has 156 valence electrons. The Bertz CT molecular complexity index is 1040. The Hall–Kier alpha value is -3.13. The third-order valence-corrected chi connectivity index (χ3v) is 4.45. The van der Waals surface area contributed by atoms with Crippen LogP contribution in [0, 0.1) is 6.92 Å². The van der Waals surface area contributed by atoms with Crippen LogP contribution in [0.15, 0.2) is 54.6 Å². The van der Waals surface area contributed by atoms with Gasteiger partial charge in [-0.2, -0.15) is 18.2 Å². The lowest BCUT2D eigenvalue weighted by molar-refractivity contribution is -0.137. The number of benzene rings is 2. The molecule has 0 aliphatic heterocycles. The molecule has 30 heavy (non-hydrogen) atoms. The zero-order valence-corrected chi connectivity index (χ0v) is 16.6. The van der Waals surface area contributed by atoms with Crippen molar-refractivity contribution in [3.8, 4) is 17.3 Å². The number of rotatable bonds is 6. The highest BCUT2D eigenvalue weighted by molar-refractivity contribution is 6.31. The second-order valence-corrected chi connectivity index (χ2v) is 6.81. The van der Waals surface area contributed by atoms with Gasteiger partial charge in [-0.3, -0.25) is 4.79 Å². The summed E-state index contributed by atoms with van der Waals surface area (Å²) in [5, 5.41) is 3.24. The first-order chi connectivity index (χ1) is 14.2. The van der Waals surface area contributed by atoms with Crippen LogP contribution in [0.3, 0.4) is 0 Å². The highest BCUT2D eigenvalue weighted by Crippen LogP contribution is 2.30. The normalized spacial score (nSPS) is 11.2. The maximum atomic E-state index is 12.7. The number of ether oxygens (including phenoxy) is 1. The topological polar surface area (TPSA) is 64.1 Å². The van der Waals surface area contributed by atoms with Gasteiger partial charge in [0.15, 0.2) is 12.4 Å². The maximum Gasteiger partial charge on any atom is 0.416 e. The van der Waals surface area contributed by atoms with Crippen LogP contribution in [0.1, 0.15) is 16.8 Å². The number of hydrogen-bond acceptors (Lipinski definition) is 4. The van der Waals surface area contributed by atoms with Crippen molar-refractivity contribution in [3.63, 3.8) is 0 Å². The van der Waals surface area contributed by atoms with Crippen molar-refractivity contribution < 1.29 is 22.7 Å². The maximum absolute atomic E-state index is 12.7. The molecule has 0 atom stereocenters. The van der Waals surface area contributed by atoms with Gasteiger partial charge < -0.3 is 10.1 Å². The molecule has 0 saturated carbocycles. The summed E-state index contributed by atoms with van der Waals surface area (Å²) in [6, 6.07) is 13.2. The average molecular weight is 436 g/mol. The van der Waals surface area contributed by atoms with Gasteiger partial charge in [0.25, 0.3) is 5.91 Å². The molecule has 5 nitrogen and oxygen atoms in total. The first-order valence-electron chi connectivity index (χ1n) is 8.88. The summed E-state index contributed by atoms with van der Waals surface area (Å²) in [7, 11) is 0. The van der Waals surface area contributed by atoms with E-state index in [1.165, 1.54) is 18.2 Å². The van der Waals surface area contributed by atoms with Crippen LogP contribution in [-0.2, 0) is 17.5 Å². The summed E-state index contributed by atoms with van der Waals surface area (Å²) in [6.45, 7) is 1.66. The Labute approximate surface area is 175 Å². The smallest absolute Gasteiger partial charge is 0.416 e. The van der Waals surface area contributed by atoms with E-state index in [9.17, 15) is 18.0 Å². The molecule has 3 aromatic rings. The summed E-state index contributed by atoms with van der Waals surface area (Å²) in [6.07, 6.45) is -4.42. The Morgan fingerprint density at radius 3 is 2.47 bits per heavy atom. The minimum absolute atomic E-state index is 0.144. The standard InChI is InChI=1S/C21H17ClF3N3O2/c1-13-10-19(30-12-18(29)26-11-15-4-2-3-5-17(15)22)28-20(27-13)14-6-8-16(9-7-14)21(23,24)25/h2-10H,11-12H2,1H3,(H,26,29). The van der Waals surface area contributed by atoms with Crippen LogP contribution in [0.2, 0.25) is 5.02 Å². The number of carbonyl (C=O) groups is 1. The number of aromatic nitrogens is 2. The lowest BCUT2D eigenvalue weighted by Gasteiger charge is -2.10. The molecule has 1 N–H and O–H groups in total. The number of nitrogens with one attached hydrogen (secondary N) is 1. The quantitative estimate of drug-likeness (QED) is 0.603. The number of aryl methyl sites for hydroxylation is 1. The fourth-order valence-corrected chi connectivity index (χ4v) is 2.78.